The third kappa shape index (κ3) is 3.87. The second-order valence-electron chi connectivity index (χ2n) is 5.67. The van der Waals surface area contributed by atoms with Gasteiger partial charge in [-0.15, -0.1) is 5.10 Å². The molecule has 0 aliphatic carbocycles. The molecule has 0 fully saturated rings. The van der Waals surface area contributed by atoms with Gasteiger partial charge in [-0.1, -0.05) is 54.0 Å². The van der Waals surface area contributed by atoms with E-state index in [9.17, 15) is 4.79 Å². The lowest BCUT2D eigenvalue weighted by Crippen LogP contribution is -2.12. The Hall–Kier alpha value is -2.95. The molecule has 0 aliphatic rings. The SMILES string of the molecule is CCc1ccc(Cc2nnc(NC(=O)c3cccc(C)c3)o2)cc1. The Morgan fingerprint density at radius 2 is 1.83 bits per heavy atom. The topological polar surface area (TPSA) is 68.0 Å². The van der Waals surface area contributed by atoms with E-state index in [1.807, 2.05) is 37.3 Å². The van der Waals surface area contributed by atoms with E-state index in [-0.39, 0.29) is 11.9 Å². The van der Waals surface area contributed by atoms with Gasteiger partial charge in [0.25, 0.3) is 5.91 Å². The number of aryl methyl sites for hydroxylation is 2. The molecule has 1 N–H and O–H groups in total. The Labute approximate surface area is 140 Å². The number of carbonyl (C=O) groups is 1. The molecular formula is C19H19N3O2. The molecule has 1 amide bonds. The van der Waals surface area contributed by atoms with Crippen LogP contribution in [0.2, 0.25) is 0 Å². The highest BCUT2D eigenvalue weighted by molar-refractivity contribution is 6.03. The predicted octanol–water partition coefficient (Wildman–Crippen LogP) is 3.78. The average molecular weight is 321 g/mol. The molecule has 24 heavy (non-hydrogen) atoms. The van der Waals surface area contributed by atoms with Crippen LogP contribution < -0.4 is 5.32 Å². The van der Waals surface area contributed by atoms with Crippen molar-refractivity contribution >= 4 is 11.9 Å². The highest BCUT2D eigenvalue weighted by Crippen LogP contribution is 2.14. The highest BCUT2D eigenvalue weighted by Gasteiger charge is 2.12. The van der Waals surface area contributed by atoms with Gasteiger partial charge in [-0.25, -0.2) is 0 Å². The van der Waals surface area contributed by atoms with Crippen LogP contribution in [0.4, 0.5) is 6.01 Å². The van der Waals surface area contributed by atoms with Crippen molar-refractivity contribution < 1.29 is 9.21 Å². The van der Waals surface area contributed by atoms with Crippen molar-refractivity contribution in [3.63, 3.8) is 0 Å². The number of hydrogen-bond acceptors (Lipinski definition) is 4. The minimum absolute atomic E-state index is 0.113. The van der Waals surface area contributed by atoms with Gasteiger partial charge in [-0.2, -0.15) is 0 Å². The van der Waals surface area contributed by atoms with Crippen LogP contribution >= 0.6 is 0 Å². The van der Waals surface area contributed by atoms with Gasteiger partial charge >= 0.3 is 6.01 Å². The summed E-state index contributed by atoms with van der Waals surface area (Å²) in [5.74, 6) is 0.208. The first-order valence-electron chi connectivity index (χ1n) is 7.92. The summed E-state index contributed by atoms with van der Waals surface area (Å²) in [6.07, 6.45) is 1.55. The van der Waals surface area contributed by atoms with Crippen LogP contribution in [0.15, 0.2) is 52.9 Å². The zero-order chi connectivity index (χ0) is 16.9. The minimum atomic E-state index is -0.263. The van der Waals surface area contributed by atoms with Gasteiger partial charge in [0.1, 0.15) is 0 Å². The van der Waals surface area contributed by atoms with E-state index in [4.69, 9.17) is 4.42 Å². The van der Waals surface area contributed by atoms with Crippen LogP contribution in [0.3, 0.4) is 0 Å². The third-order valence-corrected chi connectivity index (χ3v) is 3.75. The molecule has 2 aromatic carbocycles. The van der Waals surface area contributed by atoms with Crippen molar-refractivity contribution in [3.05, 3.63) is 76.7 Å². The van der Waals surface area contributed by atoms with Gasteiger partial charge in [-0.3, -0.25) is 10.1 Å². The fraction of sp³-hybridized carbons (Fsp3) is 0.211. The molecule has 0 unspecified atom stereocenters. The summed E-state index contributed by atoms with van der Waals surface area (Å²) >= 11 is 0. The van der Waals surface area contributed by atoms with E-state index in [0.29, 0.717) is 17.9 Å². The quantitative estimate of drug-likeness (QED) is 0.776. The third-order valence-electron chi connectivity index (χ3n) is 3.75. The minimum Gasteiger partial charge on any atom is -0.407 e. The monoisotopic (exact) mass is 321 g/mol. The second-order valence-corrected chi connectivity index (χ2v) is 5.67. The molecule has 122 valence electrons. The van der Waals surface area contributed by atoms with Crippen LogP contribution in [-0.2, 0) is 12.8 Å². The van der Waals surface area contributed by atoms with E-state index in [1.165, 1.54) is 5.56 Å². The van der Waals surface area contributed by atoms with Crippen molar-refractivity contribution in [2.24, 2.45) is 0 Å². The molecule has 0 atom stereocenters. The predicted molar refractivity (Wildman–Crippen MR) is 92.1 cm³/mol. The van der Waals surface area contributed by atoms with Gasteiger partial charge in [0, 0.05) is 5.56 Å². The largest absolute Gasteiger partial charge is 0.407 e. The average Bonchev–Trinajstić information content (AvgIpc) is 3.02. The number of nitrogens with zero attached hydrogens (tertiary/aromatic N) is 2. The standard InChI is InChI=1S/C19H19N3O2/c1-3-14-7-9-15(10-8-14)12-17-21-22-19(24-17)20-18(23)16-6-4-5-13(2)11-16/h4-11H,3,12H2,1-2H3,(H,20,22,23). The fourth-order valence-electron chi connectivity index (χ4n) is 2.40. The Morgan fingerprint density at radius 1 is 1.08 bits per heavy atom. The van der Waals surface area contributed by atoms with Crippen molar-refractivity contribution in [3.8, 4) is 0 Å². The molecule has 3 rings (SSSR count). The Bertz CT molecular complexity index is 838. The molecule has 0 radical (unpaired) electrons. The normalized spacial score (nSPS) is 10.6. The molecule has 0 saturated heterocycles. The number of aromatic nitrogens is 2. The number of anilines is 1. The first-order valence-corrected chi connectivity index (χ1v) is 7.92. The van der Waals surface area contributed by atoms with E-state index in [0.717, 1.165) is 17.5 Å². The Balaban J connectivity index is 1.65. The number of nitrogens with one attached hydrogen (secondary N) is 1. The summed E-state index contributed by atoms with van der Waals surface area (Å²) in [5, 5.41) is 10.5. The molecule has 0 bridgehead atoms. The molecule has 1 heterocycles. The maximum Gasteiger partial charge on any atom is 0.322 e. The zero-order valence-electron chi connectivity index (χ0n) is 13.7. The van der Waals surface area contributed by atoms with Crippen LogP contribution in [0.5, 0.6) is 0 Å². The molecular weight excluding hydrogens is 302 g/mol. The van der Waals surface area contributed by atoms with Gasteiger partial charge < -0.3 is 4.42 Å². The van der Waals surface area contributed by atoms with E-state index in [2.05, 4.69) is 34.6 Å². The second kappa shape index (κ2) is 7.08. The van der Waals surface area contributed by atoms with Crippen molar-refractivity contribution in [2.45, 2.75) is 26.7 Å². The summed E-state index contributed by atoms with van der Waals surface area (Å²) in [5.41, 5.74) is 3.96. The van der Waals surface area contributed by atoms with Crippen LogP contribution in [0, 0.1) is 6.92 Å². The summed E-state index contributed by atoms with van der Waals surface area (Å²) in [7, 11) is 0. The highest BCUT2D eigenvalue weighted by atomic mass is 16.4. The molecule has 0 saturated carbocycles. The van der Waals surface area contributed by atoms with Crippen molar-refractivity contribution in [1.29, 1.82) is 0 Å². The van der Waals surface area contributed by atoms with Crippen LogP contribution in [-0.4, -0.2) is 16.1 Å². The van der Waals surface area contributed by atoms with Crippen LogP contribution in [0.1, 0.15) is 39.9 Å². The molecule has 0 spiro atoms. The first kappa shape index (κ1) is 15.9. The molecule has 5 heteroatoms. The first-order chi connectivity index (χ1) is 11.6. The summed E-state index contributed by atoms with van der Waals surface area (Å²) in [4.78, 5) is 12.2. The molecule has 3 aromatic rings. The summed E-state index contributed by atoms with van der Waals surface area (Å²) < 4.78 is 5.51. The number of carbonyl (C=O) groups excluding carboxylic acids is 1. The lowest BCUT2D eigenvalue weighted by atomic mass is 10.1. The van der Waals surface area contributed by atoms with Gasteiger partial charge in [0.2, 0.25) is 5.89 Å². The lowest BCUT2D eigenvalue weighted by molar-refractivity contribution is 0.102. The molecule has 0 aliphatic heterocycles. The van der Waals surface area contributed by atoms with Gasteiger partial charge in [-0.05, 0) is 36.6 Å². The van der Waals surface area contributed by atoms with Crippen LogP contribution in [0.25, 0.3) is 0 Å². The van der Waals surface area contributed by atoms with E-state index >= 15 is 0 Å². The Kier molecular flexibility index (Phi) is 4.70. The smallest absolute Gasteiger partial charge is 0.322 e. The maximum atomic E-state index is 12.2. The number of rotatable bonds is 5. The maximum absolute atomic E-state index is 12.2. The number of benzene rings is 2. The fourth-order valence-corrected chi connectivity index (χ4v) is 2.40. The number of amides is 1. The lowest BCUT2D eigenvalue weighted by Gasteiger charge is -2.01. The van der Waals surface area contributed by atoms with Gasteiger partial charge in [0.15, 0.2) is 0 Å². The van der Waals surface area contributed by atoms with E-state index in [1.54, 1.807) is 6.07 Å². The van der Waals surface area contributed by atoms with Gasteiger partial charge in [0.05, 0.1) is 6.42 Å². The molecule has 1 aromatic heterocycles. The van der Waals surface area contributed by atoms with E-state index < -0.39 is 0 Å². The number of hydrogen-bond donors (Lipinski definition) is 1. The van der Waals surface area contributed by atoms with Crippen molar-refractivity contribution in [1.82, 2.24) is 10.2 Å². The Morgan fingerprint density at radius 3 is 2.54 bits per heavy atom. The molecule has 5 nitrogen and oxygen atoms in total. The zero-order valence-corrected chi connectivity index (χ0v) is 13.7. The summed E-state index contributed by atoms with van der Waals surface area (Å²) in [6, 6.07) is 15.7. The van der Waals surface area contributed by atoms with Crippen molar-refractivity contribution in [2.75, 3.05) is 5.32 Å². The summed E-state index contributed by atoms with van der Waals surface area (Å²) in [6.45, 7) is 4.06.